The van der Waals surface area contributed by atoms with Crippen LogP contribution >= 0.6 is 0 Å². The van der Waals surface area contributed by atoms with Gasteiger partial charge in [0, 0.05) is 32.3 Å². The molecule has 4 nitrogen and oxygen atoms in total. The molecule has 1 aliphatic heterocycles. The van der Waals surface area contributed by atoms with E-state index in [1.54, 1.807) is 7.11 Å². The maximum atomic E-state index is 6.01. The van der Waals surface area contributed by atoms with Gasteiger partial charge in [-0.3, -0.25) is 4.90 Å². The number of ether oxygens (including phenoxy) is 2. The Morgan fingerprint density at radius 1 is 1.40 bits per heavy atom. The first kappa shape index (κ1) is 15.3. The van der Waals surface area contributed by atoms with Crippen molar-refractivity contribution < 1.29 is 9.47 Å². The summed E-state index contributed by atoms with van der Waals surface area (Å²) < 4.78 is 10.7. The Morgan fingerprint density at radius 3 is 2.80 bits per heavy atom. The molecule has 1 aliphatic rings. The zero-order valence-corrected chi connectivity index (χ0v) is 12.5. The van der Waals surface area contributed by atoms with Crippen molar-refractivity contribution in [2.75, 3.05) is 33.9 Å². The minimum absolute atomic E-state index is 0.421. The Balaban J connectivity index is 1.98. The third kappa shape index (κ3) is 3.95. The topological polar surface area (TPSA) is 47.7 Å². The minimum atomic E-state index is 0.421. The van der Waals surface area contributed by atoms with Crippen molar-refractivity contribution in [1.82, 2.24) is 4.90 Å². The van der Waals surface area contributed by atoms with Gasteiger partial charge >= 0.3 is 0 Å². The summed E-state index contributed by atoms with van der Waals surface area (Å²) in [6.07, 6.45) is 2.23. The average molecular weight is 278 g/mol. The van der Waals surface area contributed by atoms with E-state index in [0.29, 0.717) is 18.5 Å². The molecule has 1 aromatic rings. The first-order valence-electron chi connectivity index (χ1n) is 7.35. The third-order valence-electron chi connectivity index (χ3n) is 4.18. The molecule has 0 aromatic heterocycles. The van der Waals surface area contributed by atoms with Gasteiger partial charge in [0.05, 0.1) is 7.11 Å². The summed E-state index contributed by atoms with van der Waals surface area (Å²) in [5.41, 5.74) is 7.27. The van der Waals surface area contributed by atoms with Crippen LogP contribution in [0.3, 0.4) is 0 Å². The van der Waals surface area contributed by atoms with Gasteiger partial charge in [-0.15, -0.1) is 0 Å². The van der Waals surface area contributed by atoms with Crippen LogP contribution in [0.25, 0.3) is 0 Å². The van der Waals surface area contributed by atoms with E-state index in [1.165, 1.54) is 5.56 Å². The number of benzene rings is 1. The van der Waals surface area contributed by atoms with Crippen molar-refractivity contribution >= 4 is 0 Å². The molecule has 1 heterocycles. The van der Waals surface area contributed by atoms with Crippen LogP contribution in [0.4, 0.5) is 0 Å². The second-order valence-electron chi connectivity index (χ2n) is 5.52. The molecule has 20 heavy (non-hydrogen) atoms. The molecule has 2 rings (SSSR count). The van der Waals surface area contributed by atoms with Crippen molar-refractivity contribution in [3.05, 3.63) is 29.8 Å². The van der Waals surface area contributed by atoms with E-state index in [1.807, 2.05) is 12.1 Å². The molecule has 0 amide bonds. The van der Waals surface area contributed by atoms with Crippen LogP contribution < -0.4 is 10.5 Å². The summed E-state index contributed by atoms with van der Waals surface area (Å²) in [6.45, 7) is 3.34. The molecule has 1 aromatic carbocycles. The van der Waals surface area contributed by atoms with Gasteiger partial charge in [0.1, 0.15) is 5.75 Å². The van der Waals surface area contributed by atoms with Gasteiger partial charge in [0.2, 0.25) is 0 Å². The summed E-state index contributed by atoms with van der Waals surface area (Å²) in [4.78, 5) is 2.37. The third-order valence-corrected chi connectivity index (χ3v) is 4.18. The van der Waals surface area contributed by atoms with Crippen LogP contribution in [-0.2, 0) is 11.3 Å². The number of nitrogens with zero attached hydrogens (tertiary/aromatic N) is 1. The minimum Gasteiger partial charge on any atom is -0.497 e. The Morgan fingerprint density at radius 2 is 2.15 bits per heavy atom. The smallest absolute Gasteiger partial charge is 0.119 e. The molecular weight excluding hydrogens is 252 g/mol. The Labute approximate surface area is 121 Å². The van der Waals surface area contributed by atoms with Gasteiger partial charge in [0.15, 0.2) is 0 Å². The van der Waals surface area contributed by atoms with E-state index in [2.05, 4.69) is 24.1 Å². The van der Waals surface area contributed by atoms with Crippen LogP contribution in [0.2, 0.25) is 0 Å². The highest BCUT2D eigenvalue weighted by Gasteiger charge is 2.26. The molecule has 0 radical (unpaired) electrons. The molecule has 4 heteroatoms. The lowest BCUT2D eigenvalue weighted by atomic mass is 9.90. The van der Waals surface area contributed by atoms with Gasteiger partial charge in [-0.25, -0.2) is 0 Å². The van der Waals surface area contributed by atoms with Crippen molar-refractivity contribution in [2.45, 2.75) is 25.4 Å². The van der Waals surface area contributed by atoms with Gasteiger partial charge in [0.25, 0.3) is 0 Å². The number of rotatable bonds is 6. The molecule has 1 fully saturated rings. The molecule has 0 spiro atoms. The fraction of sp³-hybridized carbons (Fsp3) is 0.625. The maximum absolute atomic E-state index is 6.01. The second kappa shape index (κ2) is 7.62. The Kier molecular flexibility index (Phi) is 5.83. The molecule has 1 unspecified atom stereocenters. The lowest BCUT2D eigenvalue weighted by Crippen LogP contribution is -2.44. The standard InChI is InChI=1S/C16H26N2O2/c1-18(12-13-4-3-5-15(10-13)19-2)16(11-17)14-6-8-20-9-7-14/h3-5,10,14,16H,6-9,11-12,17H2,1-2H3. The summed E-state index contributed by atoms with van der Waals surface area (Å²) in [6, 6.07) is 8.66. The molecule has 1 atom stereocenters. The first-order chi connectivity index (χ1) is 9.74. The van der Waals surface area contributed by atoms with Crippen molar-refractivity contribution in [3.63, 3.8) is 0 Å². The quantitative estimate of drug-likeness (QED) is 0.863. The maximum Gasteiger partial charge on any atom is 0.119 e. The van der Waals surface area contributed by atoms with Crippen molar-refractivity contribution in [3.8, 4) is 5.75 Å². The molecule has 112 valence electrons. The number of hydrogen-bond donors (Lipinski definition) is 1. The molecule has 1 saturated heterocycles. The number of methoxy groups -OCH3 is 1. The second-order valence-corrected chi connectivity index (χ2v) is 5.52. The normalized spacial score (nSPS) is 18.2. The number of hydrogen-bond acceptors (Lipinski definition) is 4. The molecule has 0 saturated carbocycles. The van der Waals surface area contributed by atoms with Crippen molar-refractivity contribution in [1.29, 1.82) is 0 Å². The monoisotopic (exact) mass is 278 g/mol. The summed E-state index contributed by atoms with van der Waals surface area (Å²) in [5, 5.41) is 0. The molecular formula is C16H26N2O2. The first-order valence-corrected chi connectivity index (χ1v) is 7.35. The van der Waals surface area contributed by atoms with Gasteiger partial charge < -0.3 is 15.2 Å². The summed E-state index contributed by atoms with van der Waals surface area (Å²) in [5.74, 6) is 1.55. The fourth-order valence-electron chi connectivity index (χ4n) is 3.01. The van der Waals surface area contributed by atoms with Crippen molar-refractivity contribution in [2.24, 2.45) is 11.7 Å². The van der Waals surface area contributed by atoms with Crippen LogP contribution in [0.15, 0.2) is 24.3 Å². The average Bonchev–Trinajstić information content (AvgIpc) is 2.49. The van der Waals surface area contributed by atoms with Crippen LogP contribution in [0, 0.1) is 5.92 Å². The predicted octanol–water partition coefficient (Wildman–Crippen LogP) is 1.88. The highest BCUT2D eigenvalue weighted by Crippen LogP contribution is 2.23. The zero-order chi connectivity index (χ0) is 14.4. The van der Waals surface area contributed by atoms with E-state index in [-0.39, 0.29) is 0 Å². The highest BCUT2D eigenvalue weighted by atomic mass is 16.5. The lowest BCUT2D eigenvalue weighted by Gasteiger charge is -2.36. The van der Waals surface area contributed by atoms with E-state index in [9.17, 15) is 0 Å². The van der Waals surface area contributed by atoms with E-state index >= 15 is 0 Å². The van der Waals surface area contributed by atoms with E-state index < -0.39 is 0 Å². The SMILES string of the molecule is COc1cccc(CN(C)C(CN)C2CCOCC2)c1. The van der Waals surface area contributed by atoms with Crippen LogP contribution in [-0.4, -0.2) is 44.9 Å². The van der Waals surface area contributed by atoms with Gasteiger partial charge in [-0.1, -0.05) is 12.1 Å². The lowest BCUT2D eigenvalue weighted by molar-refractivity contribution is 0.0321. The van der Waals surface area contributed by atoms with E-state index in [4.69, 9.17) is 15.2 Å². The Hall–Kier alpha value is -1.10. The van der Waals surface area contributed by atoms with E-state index in [0.717, 1.165) is 38.3 Å². The predicted molar refractivity (Wildman–Crippen MR) is 80.8 cm³/mol. The number of nitrogens with two attached hydrogens (primary N) is 1. The summed E-state index contributed by atoms with van der Waals surface area (Å²) in [7, 11) is 3.86. The summed E-state index contributed by atoms with van der Waals surface area (Å²) >= 11 is 0. The van der Waals surface area contributed by atoms with Gasteiger partial charge in [-0.2, -0.15) is 0 Å². The molecule has 0 bridgehead atoms. The highest BCUT2D eigenvalue weighted by molar-refractivity contribution is 5.28. The van der Waals surface area contributed by atoms with Crippen LogP contribution in [0.1, 0.15) is 18.4 Å². The Bertz CT molecular complexity index is 405. The fourth-order valence-corrected chi connectivity index (χ4v) is 3.01. The zero-order valence-electron chi connectivity index (χ0n) is 12.5. The largest absolute Gasteiger partial charge is 0.497 e. The number of likely N-dealkylation sites (N-methyl/N-ethyl adjacent to an activating group) is 1. The molecule has 2 N–H and O–H groups in total. The van der Waals surface area contributed by atoms with Gasteiger partial charge in [-0.05, 0) is 43.5 Å². The van der Waals surface area contributed by atoms with Crippen LogP contribution in [0.5, 0.6) is 5.75 Å². The molecule has 0 aliphatic carbocycles.